The van der Waals surface area contributed by atoms with Crippen molar-refractivity contribution < 1.29 is 19.5 Å². The number of rotatable bonds is 5. The summed E-state index contributed by atoms with van der Waals surface area (Å²) in [5.41, 5.74) is 5.49. The third-order valence-electron chi connectivity index (χ3n) is 4.03. The number of phenols is 1. The van der Waals surface area contributed by atoms with Crippen molar-refractivity contribution in [3.8, 4) is 5.75 Å². The Morgan fingerprint density at radius 1 is 1.17 bits per heavy atom. The SMILES string of the molecule is NC(=O)NC(=O)CCN1CCC(C(=O)c2ccc(O)cc2)CC1. The fourth-order valence-electron chi connectivity index (χ4n) is 2.74. The Balaban J connectivity index is 1.77. The molecule has 1 saturated heterocycles. The van der Waals surface area contributed by atoms with Crippen LogP contribution in [-0.4, -0.2) is 47.4 Å². The van der Waals surface area contributed by atoms with Gasteiger partial charge in [-0.3, -0.25) is 14.9 Å². The minimum Gasteiger partial charge on any atom is -0.508 e. The normalized spacial score (nSPS) is 16.0. The predicted octanol–water partition coefficient (Wildman–Crippen LogP) is 0.872. The number of phenolic OH excluding ortho intramolecular Hbond substituents is 1. The number of hydrogen-bond donors (Lipinski definition) is 3. The van der Waals surface area contributed by atoms with Crippen molar-refractivity contribution in [1.29, 1.82) is 0 Å². The van der Waals surface area contributed by atoms with E-state index >= 15 is 0 Å². The van der Waals surface area contributed by atoms with E-state index in [2.05, 4.69) is 4.90 Å². The van der Waals surface area contributed by atoms with E-state index in [1.54, 1.807) is 12.1 Å². The molecule has 124 valence electrons. The Kier molecular flexibility index (Phi) is 5.70. The number of imide groups is 1. The molecule has 0 radical (unpaired) electrons. The third-order valence-corrected chi connectivity index (χ3v) is 4.03. The molecule has 0 saturated carbocycles. The van der Waals surface area contributed by atoms with Crippen LogP contribution in [0.5, 0.6) is 5.75 Å². The first kappa shape index (κ1) is 17.0. The molecule has 1 aromatic rings. The zero-order valence-corrected chi connectivity index (χ0v) is 12.8. The standard InChI is InChI=1S/C16H21N3O4/c17-16(23)18-14(21)7-10-19-8-5-12(6-9-19)15(22)11-1-3-13(20)4-2-11/h1-4,12,20H,5-10H2,(H3,17,18,21,23). The van der Waals surface area contributed by atoms with Crippen molar-refractivity contribution in [3.05, 3.63) is 29.8 Å². The highest BCUT2D eigenvalue weighted by Crippen LogP contribution is 2.22. The molecule has 7 nitrogen and oxygen atoms in total. The molecule has 2 rings (SSSR count). The summed E-state index contributed by atoms with van der Waals surface area (Å²) in [6, 6.07) is 5.46. The van der Waals surface area contributed by atoms with Gasteiger partial charge in [-0.15, -0.1) is 0 Å². The molecule has 0 aliphatic carbocycles. The van der Waals surface area contributed by atoms with Gasteiger partial charge in [0.05, 0.1) is 0 Å². The number of nitrogens with two attached hydrogens (primary N) is 1. The number of ketones is 1. The van der Waals surface area contributed by atoms with Crippen LogP contribution in [0.4, 0.5) is 4.79 Å². The first-order valence-electron chi connectivity index (χ1n) is 7.60. The lowest BCUT2D eigenvalue weighted by Crippen LogP contribution is -2.40. The number of aromatic hydroxyl groups is 1. The zero-order valence-electron chi connectivity index (χ0n) is 12.8. The highest BCUT2D eigenvalue weighted by Gasteiger charge is 2.25. The minimum absolute atomic E-state index is 0.0322. The van der Waals surface area contributed by atoms with Crippen molar-refractivity contribution in [3.63, 3.8) is 0 Å². The molecular weight excluding hydrogens is 298 g/mol. The van der Waals surface area contributed by atoms with E-state index in [-0.39, 0.29) is 29.8 Å². The van der Waals surface area contributed by atoms with Crippen LogP contribution in [-0.2, 0) is 4.79 Å². The summed E-state index contributed by atoms with van der Waals surface area (Å²) in [6.07, 6.45) is 1.67. The smallest absolute Gasteiger partial charge is 0.318 e. The molecule has 0 unspecified atom stereocenters. The lowest BCUT2D eigenvalue weighted by atomic mass is 9.89. The second-order valence-electron chi connectivity index (χ2n) is 5.69. The van der Waals surface area contributed by atoms with Crippen LogP contribution in [0.1, 0.15) is 29.6 Å². The lowest BCUT2D eigenvalue weighted by molar-refractivity contribution is -0.120. The molecule has 0 spiro atoms. The van der Waals surface area contributed by atoms with E-state index in [9.17, 15) is 19.5 Å². The molecule has 3 amide bonds. The van der Waals surface area contributed by atoms with Gasteiger partial charge < -0.3 is 15.7 Å². The number of carbonyl (C=O) groups excluding carboxylic acids is 3. The van der Waals surface area contributed by atoms with Gasteiger partial charge in [-0.2, -0.15) is 0 Å². The third kappa shape index (κ3) is 5.07. The molecule has 23 heavy (non-hydrogen) atoms. The molecule has 7 heteroatoms. The van der Waals surface area contributed by atoms with Gasteiger partial charge in [-0.1, -0.05) is 0 Å². The van der Waals surface area contributed by atoms with E-state index in [4.69, 9.17) is 5.73 Å². The van der Waals surface area contributed by atoms with Crippen molar-refractivity contribution in [2.45, 2.75) is 19.3 Å². The number of nitrogens with one attached hydrogen (secondary N) is 1. The van der Waals surface area contributed by atoms with Crippen molar-refractivity contribution in [1.82, 2.24) is 10.2 Å². The molecule has 4 N–H and O–H groups in total. The average Bonchev–Trinajstić information content (AvgIpc) is 2.53. The summed E-state index contributed by atoms with van der Waals surface area (Å²) in [4.78, 5) is 36.4. The molecule has 0 bridgehead atoms. The minimum atomic E-state index is -0.840. The Morgan fingerprint density at radius 2 is 1.78 bits per heavy atom. The summed E-state index contributed by atoms with van der Waals surface area (Å²) < 4.78 is 0. The summed E-state index contributed by atoms with van der Waals surface area (Å²) in [5, 5.41) is 11.3. The maximum absolute atomic E-state index is 12.4. The average molecular weight is 319 g/mol. The lowest BCUT2D eigenvalue weighted by Gasteiger charge is -2.31. The van der Waals surface area contributed by atoms with E-state index in [1.807, 2.05) is 5.32 Å². The number of amides is 3. The second kappa shape index (κ2) is 7.73. The first-order chi connectivity index (χ1) is 11.0. The summed E-state index contributed by atoms with van der Waals surface area (Å²) in [6.45, 7) is 2.01. The molecular formula is C16H21N3O4. The van der Waals surface area contributed by atoms with Crippen LogP contribution in [0.2, 0.25) is 0 Å². The fourth-order valence-corrected chi connectivity index (χ4v) is 2.74. The van der Waals surface area contributed by atoms with Crippen LogP contribution in [0.25, 0.3) is 0 Å². The Labute approximate surface area is 134 Å². The molecule has 1 aromatic carbocycles. The highest BCUT2D eigenvalue weighted by atomic mass is 16.3. The van der Waals surface area contributed by atoms with Gasteiger partial charge in [-0.25, -0.2) is 4.79 Å². The van der Waals surface area contributed by atoms with Gasteiger partial charge in [0.25, 0.3) is 0 Å². The van der Waals surface area contributed by atoms with Crippen LogP contribution >= 0.6 is 0 Å². The molecule has 1 fully saturated rings. The van der Waals surface area contributed by atoms with Crippen molar-refractivity contribution in [2.75, 3.05) is 19.6 Å². The Hall–Kier alpha value is -2.41. The van der Waals surface area contributed by atoms with Crippen LogP contribution in [0, 0.1) is 5.92 Å². The topological polar surface area (TPSA) is 113 Å². The summed E-state index contributed by atoms with van der Waals surface area (Å²) in [5.74, 6) is -0.184. The second-order valence-corrected chi connectivity index (χ2v) is 5.69. The quantitative estimate of drug-likeness (QED) is 0.697. The number of likely N-dealkylation sites (tertiary alicyclic amines) is 1. The van der Waals surface area contributed by atoms with Gasteiger partial charge in [0.1, 0.15) is 5.75 Å². The van der Waals surface area contributed by atoms with Gasteiger partial charge in [0.2, 0.25) is 5.91 Å². The maximum atomic E-state index is 12.4. The molecule has 1 aliphatic heterocycles. The summed E-state index contributed by atoms with van der Waals surface area (Å²) >= 11 is 0. The van der Waals surface area contributed by atoms with Crippen molar-refractivity contribution >= 4 is 17.7 Å². The molecule has 0 aromatic heterocycles. The molecule has 0 atom stereocenters. The zero-order chi connectivity index (χ0) is 16.8. The van der Waals surface area contributed by atoms with Gasteiger partial charge in [0.15, 0.2) is 5.78 Å². The molecule has 1 heterocycles. The van der Waals surface area contributed by atoms with Crippen LogP contribution < -0.4 is 11.1 Å². The van der Waals surface area contributed by atoms with E-state index in [0.717, 1.165) is 25.9 Å². The molecule has 1 aliphatic rings. The largest absolute Gasteiger partial charge is 0.508 e. The van der Waals surface area contributed by atoms with E-state index < -0.39 is 6.03 Å². The van der Waals surface area contributed by atoms with E-state index in [1.165, 1.54) is 12.1 Å². The van der Waals surface area contributed by atoms with Crippen LogP contribution in [0.15, 0.2) is 24.3 Å². The number of Topliss-reactive ketones (excluding diaryl/α,β-unsaturated/α-hetero) is 1. The summed E-state index contributed by atoms with van der Waals surface area (Å²) in [7, 11) is 0. The Morgan fingerprint density at radius 3 is 2.35 bits per heavy atom. The first-order valence-corrected chi connectivity index (χ1v) is 7.60. The number of piperidine rings is 1. The predicted molar refractivity (Wildman–Crippen MR) is 83.9 cm³/mol. The Bertz CT molecular complexity index is 577. The number of carbonyl (C=O) groups is 3. The fraction of sp³-hybridized carbons (Fsp3) is 0.438. The maximum Gasteiger partial charge on any atom is 0.318 e. The number of primary amides is 1. The van der Waals surface area contributed by atoms with Crippen LogP contribution in [0.3, 0.4) is 0 Å². The van der Waals surface area contributed by atoms with Crippen molar-refractivity contribution in [2.24, 2.45) is 11.7 Å². The van der Waals surface area contributed by atoms with Gasteiger partial charge in [0, 0.05) is 24.4 Å². The number of benzene rings is 1. The monoisotopic (exact) mass is 319 g/mol. The van der Waals surface area contributed by atoms with Gasteiger partial charge >= 0.3 is 6.03 Å². The number of nitrogens with zero attached hydrogens (tertiary/aromatic N) is 1. The number of urea groups is 1. The van der Waals surface area contributed by atoms with E-state index in [0.29, 0.717) is 12.1 Å². The number of hydrogen-bond acceptors (Lipinski definition) is 5. The van der Waals surface area contributed by atoms with Gasteiger partial charge in [-0.05, 0) is 50.2 Å². The highest BCUT2D eigenvalue weighted by molar-refractivity contribution is 5.98.